The number of rotatable bonds is 12. The molecule has 0 aliphatic carbocycles. The first kappa shape index (κ1) is 23.4. The topological polar surface area (TPSA) is 78.9 Å². The normalized spacial score (nSPS) is 17.1. The van der Waals surface area contributed by atoms with Gasteiger partial charge in [-0.1, -0.05) is 20.3 Å². The summed E-state index contributed by atoms with van der Waals surface area (Å²) in [6.07, 6.45) is 4.41. The number of unbranched alkanes of at least 4 members (excludes halogenated alkanes) is 2. The van der Waals surface area contributed by atoms with Crippen molar-refractivity contribution >= 4 is 11.7 Å². The van der Waals surface area contributed by atoms with Crippen LogP contribution in [0.3, 0.4) is 0 Å². The van der Waals surface area contributed by atoms with Crippen molar-refractivity contribution in [3.63, 3.8) is 0 Å². The van der Waals surface area contributed by atoms with Gasteiger partial charge >= 0.3 is 0 Å². The lowest BCUT2D eigenvalue weighted by atomic mass is 9.93. The van der Waals surface area contributed by atoms with Crippen LogP contribution in [0.25, 0.3) is 0 Å². The summed E-state index contributed by atoms with van der Waals surface area (Å²) < 4.78 is 5.10. The van der Waals surface area contributed by atoms with Crippen molar-refractivity contribution in [1.29, 1.82) is 0 Å². The van der Waals surface area contributed by atoms with E-state index in [4.69, 9.17) is 4.74 Å². The van der Waals surface area contributed by atoms with E-state index < -0.39 is 0 Å². The molecule has 0 unspecified atom stereocenters. The lowest BCUT2D eigenvalue weighted by Gasteiger charge is -2.24. The predicted octanol–water partition coefficient (Wildman–Crippen LogP) is 3.04. The average Bonchev–Trinajstić information content (AvgIpc) is 3.05. The van der Waals surface area contributed by atoms with Crippen LogP contribution in [0.2, 0.25) is 0 Å². The Morgan fingerprint density at radius 2 is 1.86 bits per heavy atom. The molecule has 1 heterocycles. The number of amides is 1. The van der Waals surface area contributed by atoms with E-state index in [-0.39, 0.29) is 24.3 Å². The van der Waals surface area contributed by atoms with Gasteiger partial charge in [0.25, 0.3) is 0 Å². The van der Waals surface area contributed by atoms with Gasteiger partial charge in [-0.3, -0.25) is 9.59 Å². The molecule has 1 fully saturated rings. The second-order valence-electron chi connectivity index (χ2n) is 8.81. The Kier molecular flexibility index (Phi) is 9.11. The smallest absolute Gasteiger partial charge is 0.220 e. The zero-order chi connectivity index (χ0) is 21.3. The molecule has 0 aromatic heterocycles. The van der Waals surface area contributed by atoms with E-state index in [0.717, 1.165) is 44.5 Å². The number of aliphatic hydroxyl groups is 1. The van der Waals surface area contributed by atoms with E-state index in [1.54, 1.807) is 31.4 Å². The molecular weight excluding hydrogens is 368 g/mol. The first-order valence-electron chi connectivity index (χ1n) is 10.6. The molecule has 1 saturated heterocycles. The molecule has 1 aliphatic heterocycles. The Bertz CT molecular complexity index is 657. The summed E-state index contributed by atoms with van der Waals surface area (Å²) in [7, 11) is 1.60. The fourth-order valence-electron chi connectivity index (χ4n) is 3.81. The number of nitrogens with one attached hydrogen (secondary N) is 1. The summed E-state index contributed by atoms with van der Waals surface area (Å²) in [5, 5.41) is 12.5. The summed E-state index contributed by atoms with van der Waals surface area (Å²) in [6.45, 7) is 7.17. The SMILES string of the molecule is COc1ccc(C(=O)CCCCCC(=O)N[C@@H](CO)CN2CCC(C)(C)C2)cc1. The van der Waals surface area contributed by atoms with Crippen molar-refractivity contribution in [2.45, 2.75) is 58.4 Å². The monoisotopic (exact) mass is 404 g/mol. The van der Waals surface area contributed by atoms with E-state index >= 15 is 0 Å². The van der Waals surface area contributed by atoms with Gasteiger partial charge in [-0.05, 0) is 55.5 Å². The van der Waals surface area contributed by atoms with Crippen molar-refractivity contribution in [2.75, 3.05) is 33.4 Å². The molecule has 1 atom stereocenters. The van der Waals surface area contributed by atoms with Gasteiger partial charge in [-0.15, -0.1) is 0 Å². The van der Waals surface area contributed by atoms with Crippen LogP contribution >= 0.6 is 0 Å². The zero-order valence-corrected chi connectivity index (χ0v) is 18.1. The summed E-state index contributed by atoms with van der Waals surface area (Å²) in [5.41, 5.74) is 1.01. The Labute approximate surface area is 174 Å². The molecule has 2 rings (SSSR count). The minimum atomic E-state index is -0.215. The molecule has 1 aliphatic rings. The molecule has 0 spiro atoms. The number of carbonyl (C=O) groups is 2. The standard InChI is InChI=1S/C23H36N2O4/c1-23(2)13-14-25(17-23)15-19(16-26)24-22(28)8-6-4-5-7-21(27)18-9-11-20(29-3)12-10-18/h9-12,19,26H,4-8,13-17H2,1-3H3,(H,24,28)/t19-/m1/s1. The lowest BCUT2D eigenvalue weighted by Crippen LogP contribution is -2.45. The predicted molar refractivity (Wildman–Crippen MR) is 114 cm³/mol. The second kappa shape index (κ2) is 11.3. The number of methoxy groups -OCH3 is 1. The van der Waals surface area contributed by atoms with E-state index in [0.29, 0.717) is 30.4 Å². The maximum atomic E-state index is 12.2. The number of benzene rings is 1. The maximum absolute atomic E-state index is 12.2. The third-order valence-corrected chi connectivity index (χ3v) is 5.54. The van der Waals surface area contributed by atoms with Crippen LogP contribution in [0.5, 0.6) is 5.75 Å². The van der Waals surface area contributed by atoms with Gasteiger partial charge in [-0.2, -0.15) is 0 Å². The number of carbonyl (C=O) groups excluding carboxylic acids is 2. The molecule has 0 saturated carbocycles. The molecule has 1 aromatic rings. The van der Waals surface area contributed by atoms with E-state index in [1.165, 1.54) is 0 Å². The fourth-order valence-corrected chi connectivity index (χ4v) is 3.81. The Hall–Kier alpha value is -1.92. The quantitative estimate of drug-likeness (QED) is 0.414. The van der Waals surface area contributed by atoms with E-state index in [9.17, 15) is 14.7 Å². The number of aliphatic hydroxyl groups excluding tert-OH is 1. The summed E-state index contributed by atoms with van der Waals surface area (Å²) in [6, 6.07) is 6.93. The molecule has 6 nitrogen and oxygen atoms in total. The van der Waals surface area contributed by atoms with Crippen LogP contribution in [0, 0.1) is 5.41 Å². The minimum Gasteiger partial charge on any atom is -0.497 e. The number of likely N-dealkylation sites (tertiary alicyclic amines) is 1. The third kappa shape index (κ3) is 8.15. The highest BCUT2D eigenvalue weighted by Crippen LogP contribution is 2.28. The van der Waals surface area contributed by atoms with Gasteiger partial charge in [0.2, 0.25) is 5.91 Å². The van der Waals surface area contributed by atoms with E-state index in [2.05, 4.69) is 24.1 Å². The minimum absolute atomic E-state index is 0.0241. The maximum Gasteiger partial charge on any atom is 0.220 e. The van der Waals surface area contributed by atoms with Crippen molar-refractivity contribution in [3.05, 3.63) is 29.8 Å². The molecule has 1 amide bonds. The van der Waals surface area contributed by atoms with Crippen LogP contribution < -0.4 is 10.1 Å². The Morgan fingerprint density at radius 1 is 1.17 bits per heavy atom. The summed E-state index contributed by atoms with van der Waals surface area (Å²) in [4.78, 5) is 26.7. The third-order valence-electron chi connectivity index (χ3n) is 5.54. The number of nitrogens with zero attached hydrogens (tertiary/aromatic N) is 1. The van der Waals surface area contributed by atoms with Gasteiger partial charge in [0.15, 0.2) is 5.78 Å². The number of Topliss-reactive ketones (excluding diaryl/α,β-unsaturated/α-hetero) is 1. The molecule has 2 N–H and O–H groups in total. The van der Waals surface area contributed by atoms with Gasteiger partial charge in [-0.25, -0.2) is 0 Å². The summed E-state index contributed by atoms with van der Waals surface area (Å²) >= 11 is 0. The first-order valence-corrected chi connectivity index (χ1v) is 10.6. The highest BCUT2D eigenvalue weighted by Gasteiger charge is 2.30. The van der Waals surface area contributed by atoms with Crippen molar-refractivity contribution in [2.24, 2.45) is 5.41 Å². The van der Waals surface area contributed by atoms with Crippen LogP contribution in [-0.4, -0.2) is 61.1 Å². The van der Waals surface area contributed by atoms with Crippen LogP contribution in [0.4, 0.5) is 0 Å². The number of hydrogen-bond acceptors (Lipinski definition) is 5. The molecule has 29 heavy (non-hydrogen) atoms. The van der Waals surface area contributed by atoms with Crippen molar-refractivity contribution in [1.82, 2.24) is 10.2 Å². The summed E-state index contributed by atoms with van der Waals surface area (Å²) in [5.74, 6) is 0.831. The number of ether oxygens (including phenoxy) is 1. The molecule has 1 aromatic carbocycles. The Balaban J connectivity index is 1.60. The highest BCUT2D eigenvalue weighted by molar-refractivity contribution is 5.96. The van der Waals surface area contributed by atoms with Gasteiger partial charge in [0.05, 0.1) is 19.8 Å². The largest absolute Gasteiger partial charge is 0.497 e. The lowest BCUT2D eigenvalue weighted by molar-refractivity contribution is -0.122. The fraction of sp³-hybridized carbons (Fsp3) is 0.652. The molecule has 6 heteroatoms. The number of hydrogen-bond donors (Lipinski definition) is 2. The van der Waals surface area contributed by atoms with Gasteiger partial charge < -0.3 is 20.1 Å². The van der Waals surface area contributed by atoms with Gasteiger partial charge in [0, 0.05) is 31.5 Å². The molecule has 162 valence electrons. The molecule has 0 bridgehead atoms. The van der Waals surface area contributed by atoms with Crippen molar-refractivity contribution in [3.8, 4) is 5.75 Å². The first-order chi connectivity index (χ1) is 13.8. The number of ketones is 1. The Morgan fingerprint density at radius 3 is 2.45 bits per heavy atom. The highest BCUT2D eigenvalue weighted by atomic mass is 16.5. The molecular formula is C23H36N2O4. The van der Waals surface area contributed by atoms with E-state index in [1.807, 2.05) is 0 Å². The van der Waals surface area contributed by atoms with Crippen LogP contribution in [0.1, 0.15) is 62.7 Å². The van der Waals surface area contributed by atoms with Crippen LogP contribution in [-0.2, 0) is 4.79 Å². The molecule has 0 radical (unpaired) electrons. The average molecular weight is 405 g/mol. The second-order valence-corrected chi connectivity index (χ2v) is 8.81. The van der Waals surface area contributed by atoms with Crippen molar-refractivity contribution < 1.29 is 19.4 Å². The zero-order valence-electron chi connectivity index (χ0n) is 18.1. The van der Waals surface area contributed by atoms with Gasteiger partial charge in [0.1, 0.15) is 5.75 Å². The van der Waals surface area contributed by atoms with Crippen LogP contribution in [0.15, 0.2) is 24.3 Å².